The van der Waals surface area contributed by atoms with Crippen molar-refractivity contribution in [1.82, 2.24) is 10.3 Å². The molecule has 2 aliphatic rings. The van der Waals surface area contributed by atoms with E-state index < -0.39 is 0 Å². The highest BCUT2D eigenvalue weighted by molar-refractivity contribution is 5.85. The second-order valence-corrected chi connectivity index (χ2v) is 9.09. The number of rotatable bonds is 2. The molecule has 2 aromatic rings. The standard InChI is InChI=1S/C22H32N2/c1-22(2,3)15-11-13-16(14-12-15)23-20-10-6-8-18-17-7-4-5-9-19(17)24-21(18)20/h4-5,7,9,15-16,20,23-24H,6,8,10-14H2,1-3H3. The van der Waals surface area contributed by atoms with Crippen LogP contribution in [0.25, 0.3) is 10.9 Å². The first-order valence-electron chi connectivity index (χ1n) is 9.88. The maximum absolute atomic E-state index is 4.02. The van der Waals surface area contributed by atoms with Gasteiger partial charge in [0.15, 0.2) is 0 Å². The molecule has 1 aromatic heterocycles. The number of aromatic nitrogens is 1. The van der Waals surface area contributed by atoms with Crippen LogP contribution in [0.15, 0.2) is 24.3 Å². The van der Waals surface area contributed by atoms with Gasteiger partial charge in [-0.2, -0.15) is 0 Å². The fourth-order valence-corrected chi connectivity index (χ4v) is 4.99. The molecular formula is C22H32N2. The fraction of sp³-hybridized carbons (Fsp3) is 0.636. The monoisotopic (exact) mass is 324 g/mol. The Morgan fingerprint density at radius 1 is 1.00 bits per heavy atom. The largest absolute Gasteiger partial charge is 0.357 e. The van der Waals surface area contributed by atoms with E-state index in [1.807, 2.05) is 0 Å². The molecule has 0 spiro atoms. The lowest BCUT2D eigenvalue weighted by Crippen LogP contribution is -2.39. The van der Waals surface area contributed by atoms with Crippen molar-refractivity contribution >= 4 is 10.9 Å². The van der Waals surface area contributed by atoms with Gasteiger partial charge in [-0.25, -0.2) is 0 Å². The number of para-hydroxylation sites is 1. The Bertz CT molecular complexity index is 698. The minimum absolute atomic E-state index is 0.472. The Balaban J connectivity index is 1.48. The van der Waals surface area contributed by atoms with E-state index in [0.717, 1.165) is 5.92 Å². The van der Waals surface area contributed by atoms with Gasteiger partial charge in [-0.1, -0.05) is 39.0 Å². The summed E-state index contributed by atoms with van der Waals surface area (Å²) in [5.41, 5.74) is 4.82. The van der Waals surface area contributed by atoms with E-state index in [1.165, 1.54) is 61.5 Å². The molecule has 1 aromatic carbocycles. The molecule has 1 atom stereocenters. The van der Waals surface area contributed by atoms with Crippen molar-refractivity contribution in [3.05, 3.63) is 35.5 Å². The van der Waals surface area contributed by atoms with Crippen LogP contribution in [0.5, 0.6) is 0 Å². The number of benzene rings is 1. The zero-order chi connectivity index (χ0) is 16.7. The van der Waals surface area contributed by atoms with Crippen molar-refractivity contribution in [3.63, 3.8) is 0 Å². The quantitative estimate of drug-likeness (QED) is 0.724. The topological polar surface area (TPSA) is 27.8 Å². The van der Waals surface area contributed by atoms with Crippen molar-refractivity contribution in [3.8, 4) is 0 Å². The SMILES string of the molecule is CC(C)(C)C1CCC(NC2CCCc3c2[nH]c2ccccc32)CC1. The van der Waals surface area contributed by atoms with Crippen LogP contribution in [0.4, 0.5) is 0 Å². The van der Waals surface area contributed by atoms with Crippen LogP contribution in [0, 0.1) is 11.3 Å². The predicted octanol–water partition coefficient (Wildman–Crippen LogP) is 5.74. The number of aromatic amines is 1. The molecule has 1 saturated carbocycles. The summed E-state index contributed by atoms with van der Waals surface area (Å²) in [7, 11) is 0. The van der Waals surface area contributed by atoms with Crippen molar-refractivity contribution < 1.29 is 0 Å². The number of H-pyrrole nitrogens is 1. The zero-order valence-electron chi connectivity index (χ0n) is 15.5. The first-order chi connectivity index (χ1) is 11.5. The van der Waals surface area contributed by atoms with E-state index in [9.17, 15) is 0 Å². The van der Waals surface area contributed by atoms with Gasteiger partial charge in [-0.3, -0.25) is 0 Å². The number of nitrogens with one attached hydrogen (secondary N) is 2. The highest BCUT2D eigenvalue weighted by Crippen LogP contribution is 2.40. The molecule has 0 bridgehead atoms. The molecule has 130 valence electrons. The smallest absolute Gasteiger partial charge is 0.0478 e. The Morgan fingerprint density at radius 2 is 1.75 bits per heavy atom. The van der Waals surface area contributed by atoms with E-state index in [4.69, 9.17) is 0 Å². The molecule has 0 amide bonds. The van der Waals surface area contributed by atoms with Crippen LogP contribution in [-0.2, 0) is 6.42 Å². The van der Waals surface area contributed by atoms with Gasteiger partial charge < -0.3 is 10.3 Å². The molecule has 2 aliphatic carbocycles. The van der Waals surface area contributed by atoms with Crippen LogP contribution >= 0.6 is 0 Å². The molecule has 4 rings (SSSR count). The van der Waals surface area contributed by atoms with Crippen molar-refractivity contribution in [2.45, 2.75) is 77.8 Å². The summed E-state index contributed by atoms with van der Waals surface area (Å²) in [6.45, 7) is 7.22. The van der Waals surface area contributed by atoms with Crippen LogP contribution in [0.1, 0.15) is 76.6 Å². The van der Waals surface area contributed by atoms with Gasteiger partial charge in [-0.05, 0) is 67.9 Å². The van der Waals surface area contributed by atoms with E-state index in [-0.39, 0.29) is 0 Å². The lowest BCUT2D eigenvalue weighted by atomic mass is 9.71. The lowest BCUT2D eigenvalue weighted by molar-refractivity contribution is 0.154. The Hall–Kier alpha value is -1.28. The van der Waals surface area contributed by atoms with E-state index in [1.54, 1.807) is 5.56 Å². The maximum Gasteiger partial charge on any atom is 0.0478 e. The third-order valence-corrected chi connectivity index (χ3v) is 6.50. The van der Waals surface area contributed by atoms with Crippen molar-refractivity contribution in [2.24, 2.45) is 11.3 Å². The van der Waals surface area contributed by atoms with E-state index >= 15 is 0 Å². The third-order valence-electron chi connectivity index (χ3n) is 6.50. The molecule has 1 unspecified atom stereocenters. The summed E-state index contributed by atoms with van der Waals surface area (Å²) < 4.78 is 0. The second-order valence-electron chi connectivity index (χ2n) is 9.09. The number of aryl methyl sites for hydroxylation is 1. The van der Waals surface area contributed by atoms with Gasteiger partial charge in [0.05, 0.1) is 0 Å². The fourth-order valence-electron chi connectivity index (χ4n) is 4.99. The molecule has 0 saturated heterocycles. The van der Waals surface area contributed by atoms with Gasteiger partial charge >= 0.3 is 0 Å². The highest BCUT2D eigenvalue weighted by atomic mass is 15.0. The molecule has 1 heterocycles. The number of hydrogen-bond acceptors (Lipinski definition) is 1. The zero-order valence-corrected chi connectivity index (χ0v) is 15.5. The number of hydrogen-bond donors (Lipinski definition) is 2. The highest BCUT2D eigenvalue weighted by Gasteiger charge is 2.32. The first-order valence-corrected chi connectivity index (χ1v) is 9.88. The minimum Gasteiger partial charge on any atom is -0.357 e. The van der Waals surface area contributed by atoms with Crippen LogP contribution in [-0.4, -0.2) is 11.0 Å². The average Bonchev–Trinajstić information content (AvgIpc) is 2.94. The summed E-state index contributed by atoms with van der Waals surface area (Å²) in [6.07, 6.45) is 9.26. The Labute approximate surface area is 146 Å². The molecule has 2 N–H and O–H groups in total. The normalized spacial score (nSPS) is 28.0. The Morgan fingerprint density at radius 3 is 2.50 bits per heavy atom. The van der Waals surface area contributed by atoms with Crippen molar-refractivity contribution in [1.29, 1.82) is 0 Å². The molecule has 0 radical (unpaired) electrons. The van der Waals surface area contributed by atoms with E-state index in [0.29, 0.717) is 17.5 Å². The summed E-state index contributed by atoms with van der Waals surface area (Å²) >= 11 is 0. The maximum atomic E-state index is 4.02. The van der Waals surface area contributed by atoms with E-state index in [2.05, 4.69) is 55.3 Å². The second kappa shape index (κ2) is 6.22. The van der Waals surface area contributed by atoms with Gasteiger partial charge in [0.2, 0.25) is 0 Å². The third kappa shape index (κ3) is 3.01. The summed E-state index contributed by atoms with van der Waals surface area (Å²) in [6, 6.07) is 10.0. The van der Waals surface area contributed by atoms with Gasteiger partial charge in [0.25, 0.3) is 0 Å². The lowest BCUT2D eigenvalue weighted by Gasteiger charge is -2.39. The predicted molar refractivity (Wildman–Crippen MR) is 102 cm³/mol. The summed E-state index contributed by atoms with van der Waals surface area (Å²) in [4.78, 5) is 3.73. The van der Waals surface area contributed by atoms with Crippen LogP contribution in [0.2, 0.25) is 0 Å². The molecule has 2 nitrogen and oxygen atoms in total. The molecule has 24 heavy (non-hydrogen) atoms. The van der Waals surface area contributed by atoms with Crippen LogP contribution in [0.3, 0.4) is 0 Å². The van der Waals surface area contributed by atoms with Gasteiger partial charge in [0.1, 0.15) is 0 Å². The first kappa shape index (κ1) is 16.2. The molecule has 2 heteroatoms. The Kier molecular flexibility index (Phi) is 4.20. The molecule has 1 fully saturated rings. The molecule has 0 aliphatic heterocycles. The summed E-state index contributed by atoms with van der Waals surface area (Å²) in [5, 5.41) is 5.46. The van der Waals surface area contributed by atoms with Crippen molar-refractivity contribution in [2.75, 3.05) is 0 Å². The number of fused-ring (bicyclic) bond motifs is 3. The van der Waals surface area contributed by atoms with Gasteiger partial charge in [-0.15, -0.1) is 0 Å². The average molecular weight is 325 g/mol. The van der Waals surface area contributed by atoms with Crippen LogP contribution < -0.4 is 5.32 Å². The summed E-state index contributed by atoms with van der Waals surface area (Å²) in [5.74, 6) is 0.894. The van der Waals surface area contributed by atoms with Gasteiger partial charge in [0, 0.05) is 28.7 Å². The molecular weight excluding hydrogens is 292 g/mol. The minimum atomic E-state index is 0.472.